The number of hydrogen-bond donors (Lipinski definition) is 4. The first-order valence-corrected chi connectivity index (χ1v) is 5.86. The fraction of sp³-hybridized carbons (Fsp3) is 0.462. The molecule has 1 rings (SSSR count). The van der Waals surface area contributed by atoms with Crippen LogP contribution >= 0.6 is 0 Å². The van der Waals surface area contributed by atoms with Crippen LogP contribution in [0.15, 0.2) is 24.3 Å². The predicted molar refractivity (Wildman–Crippen MR) is 66.8 cm³/mol. The fourth-order valence-corrected chi connectivity index (χ4v) is 2.05. The van der Waals surface area contributed by atoms with E-state index in [1.54, 1.807) is 19.1 Å². The molecule has 0 saturated carbocycles. The zero-order chi connectivity index (χ0) is 15.7. The van der Waals surface area contributed by atoms with Gasteiger partial charge in [-0.05, 0) is 12.8 Å². The third-order valence-electron chi connectivity index (χ3n) is 3.69. The highest BCUT2D eigenvalue weighted by Crippen LogP contribution is 2.38. The molecule has 0 aromatic rings. The highest BCUT2D eigenvalue weighted by atomic mass is 16.4. The zero-order valence-electron chi connectivity index (χ0n) is 11.0. The van der Waals surface area contributed by atoms with Crippen molar-refractivity contribution in [3.63, 3.8) is 0 Å². The molecule has 0 fully saturated rings. The van der Waals surface area contributed by atoms with E-state index in [2.05, 4.69) is 0 Å². The minimum atomic E-state index is -3.41. The molecule has 0 saturated heterocycles. The van der Waals surface area contributed by atoms with Crippen molar-refractivity contribution < 1.29 is 34.8 Å². The second-order valence-electron chi connectivity index (χ2n) is 4.96. The van der Waals surface area contributed by atoms with E-state index in [4.69, 9.17) is 10.2 Å². The van der Waals surface area contributed by atoms with Gasteiger partial charge >= 0.3 is 11.9 Å². The van der Waals surface area contributed by atoms with Crippen LogP contribution in [0.1, 0.15) is 13.8 Å². The van der Waals surface area contributed by atoms with Crippen LogP contribution in [0.5, 0.6) is 0 Å². The lowest BCUT2D eigenvalue weighted by atomic mass is 9.66. The zero-order valence-corrected chi connectivity index (χ0v) is 11.0. The minimum absolute atomic E-state index is 0.466. The molecule has 1 aliphatic rings. The van der Waals surface area contributed by atoms with Crippen molar-refractivity contribution in [2.75, 3.05) is 0 Å². The third-order valence-corrected chi connectivity index (χ3v) is 3.69. The molecule has 0 aliphatic heterocycles. The summed E-state index contributed by atoms with van der Waals surface area (Å²) < 4.78 is 0. The standard InChI is InChI=1S/C13H16O7/c1-7-5-3-4-6-12(7,2)10(17)13(20,11(18)19)8(14)9(15)16/h3-8,14,20H,1-2H3,(H,15,16)(H,18,19). The first-order valence-electron chi connectivity index (χ1n) is 5.86. The van der Waals surface area contributed by atoms with Gasteiger partial charge < -0.3 is 20.4 Å². The van der Waals surface area contributed by atoms with Gasteiger partial charge in [0.05, 0.1) is 5.41 Å². The monoisotopic (exact) mass is 284 g/mol. The Bertz CT molecular complexity index is 507. The number of carbonyl (C=O) groups excluding carboxylic acids is 1. The number of carboxylic acid groups (broad SMARTS) is 2. The van der Waals surface area contributed by atoms with Crippen LogP contribution in [-0.4, -0.2) is 49.9 Å². The van der Waals surface area contributed by atoms with Crippen molar-refractivity contribution in [3.8, 4) is 0 Å². The van der Waals surface area contributed by atoms with Crippen LogP contribution in [0.25, 0.3) is 0 Å². The van der Waals surface area contributed by atoms with Gasteiger partial charge in [-0.2, -0.15) is 0 Å². The number of allylic oxidation sites excluding steroid dienone is 4. The van der Waals surface area contributed by atoms with Gasteiger partial charge in [-0.3, -0.25) is 4.79 Å². The Balaban J connectivity index is 3.33. The molecule has 1 aliphatic carbocycles. The van der Waals surface area contributed by atoms with Crippen LogP contribution in [0.3, 0.4) is 0 Å². The molecule has 4 unspecified atom stereocenters. The Labute approximate surface area is 114 Å². The summed E-state index contributed by atoms with van der Waals surface area (Å²) in [5.74, 6) is -5.84. The number of aliphatic carboxylic acids is 2. The molecular weight excluding hydrogens is 268 g/mol. The normalized spacial score (nSPS) is 29.5. The first kappa shape index (κ1) is 16.1. The quantitative estimate of drug-likeness (QED) is 0.504. The third kappa shape index (κ3) is 2.25. The Morgan fingerprint density at radius 1 is 1.25 bits per heavy atom. The maximum atomic E-state index is 12.4. The van der Waals surface area contributed by atoms with Gasteiger partial charge in [0.2, 0.25) is 0 Å². The van der Waals surface area contributed by atoms with Crippen molar-refractivity contribution in [2.24, 2.45) is 11.3 Å². The van der Waals surface area contributed by atoms with Crippen LogP contribution < -0.4 is 0 Å². The largest absolute Gasteiger partial charge is 0.479 e. The summed E-state index contributed by atoms with van der Waals surface area (Å²) in [5.41, 5.74) is -4.84. The van der Waals surface area contributed by atoms with Crippen LogP contribution in [0, 0.1) is 11.3 Å². The number of carbonyl (C=O) groups is 3. The van der Waals surface area contributed by atoms with Crippen molar-refractivity contribution in [3.05, 3.63) is 24.3 Å². The highest BCUT2D eigenvalue weighted by Gasteiger charge is 2.59. The molecule has 7 heteroatoms. The molecule has 7 nitrogen and oxygen atoms in total. The maximum Gasteiger partial charge on any atom is 0.347 e. The van der Waals surface area contributed by atoms with E-state index in [9.17, 15) is 24.6 Å². The van der Waals surface area contributed by atoms with Gasteiger partial charge in [0.1, 0.15) is 0 Å². The number of aliphatic hydroxyl groups is 2. The van der Waals surface area contributed by atoms with Crippen molar-refractivity contribution in [1.29, 1.82) is 0 Å². The fourth-order valence-electron chi connectivity index (χ4n) is 2.05. The number of carboxylic acids is 2. The molecule has 0 aromatic heterocycles. The molecule has 110 valence electrons. The second kappa shape index (κ2) is 5.18. The Kier molecular flexibility index (Phi) is 4.16. The average molecular weight is 284 g/mol. The van der Waals surface area contributed by atoms with E-state index in [-0.39, 0.29) is 0 Å². The highest BCUT2D eigenvalue weighted by molar-refractivity contribution is 6.13. The molecular formula is C13H16O7. The molecule has 0 heterocycles. The molecule has 20 heavy (non-hydrogen) atoms. The molecule has 4 atom stereocenters. The average Bonchev–Trinajstić information content (AvgIpc) is 2.39. The van der Waals surface area contributed by atoms with E-state index < -0.39 is 40.8 Å². The van der Waals surface area contributed by atoms with Crippen molar-refractivity contribution in [2.45, 2.75) is 25.6 Å². The number of ketones is 1. The Morgan fingerprint density at radius 2 is 1.80 bits per heavy atom. The lowest BCUT2D eigenvalue weighted by Crippen LogP contribution is -2.63. The topological polar surface area (TPSA) is 132 Å². The van der Waals surface area contributed by atoms with E-state index in [0.29, 0.717) is 0 Å². The van der Waals surface area contributed by atoms with Crippen LogP contribution in [0.4, 0.5) is 0 Å². The van der Waals surface area contributed by atoms with Gasteiger partial charge in [-0.1, -0.05) is 31.2 Å². The van der Waals surface area contributed by atoms with Gasteiger partial charge in [0, 0.05) is 0 Å². The smallest absolute Gasteiger partial charge is 0.347 e. The number of rotatable bonds is 5. The summed E-state index contributed by atoms with van der Waals surface area (Å²) in [6.45, 7) is 3.00. The van der Waals surface area contributed by atoms with Crippen LogP contribution in [-0.2, 0) is 14.4 Å². The number of hydrogen-bond acceptors (Lipinski definition) is 5. The molecule has 4 N–H and O–H groups in total. The van der Waals surface area contributed by atoms with Gasteiger partial charge in [0.25, 0.3) is 5.60 Å². The Hall–Kier alpha value is -1.99. The lowest BCUT2D eigenvalue weighted by Gasteiger charge is -2.37. The first-order chi connectivity index (χ1) is 9.08. The number of aliphatic hydroxyl groups excluding tert-OH is 1. The van der Waals surface area contributed by atoms with Gasteiger partial charge in [0.15, 0.2) is 11.9 Å². The Morgan fingerprint density at radius 3 is 2.20 bits per heavy atom. The molecule has 0 bridgehead atoms. The number of Topliss-reactive ketones (excluding diaryl/α,β-unsaturated/α-hetero) is 1. The summed E-state index contributed by atoms with van der Waals surface area (Å²) in [6.07, 6.45) is 3.38. The summed E-state index contributed by atoms with van der Waals surface area (Å²) in [4.78, 5) is 34.3. The molecule has 0 aromatic carbocycles. The second-order valence-corrected chi connectivity index (χ2v) is 4.96. The van der Waals surface area contributed by atoms with Crippen molar-refractivity contribution >= 4 is 17.7 Å². The van der Waals surface area contributed by atoms with Gasteiger partial charge in [-0.25, -0.2) is 9.59 Å². The SMILES string of the molecule is CC1C=CC=CC1(C)C(=O)C(O)(C(=O)O)C(O)C(=O)O. The van der Waals surface area contributed by atoms with E-state index in [1.165, 1.54) is 19.1 Å². The van der Waals surface area contributed by atoms with E-state index in [0.717, 1.165) is 0 Å². The lowest BCUT2D eigenvalue weighted by molar-refractivity contribution is -0.190. The molecule has 0 spiro atoms. The van der Waals surface area contributed by atoms with Crippen molar-refractivity contribution in [1.82, 2.24) is 0 Å². The molecule has 0 amide bonds. The maximum absolute atomic E-state index is 12.4. The van der Waals surface area contributed by atoms with Gasteiger partial charge in [-0.15, -0.1) is 0 Å². The summed E-state index contributed by atoms with van der Waals surface area (Å²) in [7, 11) is 0. The minimum Gasteiger partial charge on any atom is -0.479 e. The summed E-state index contributed by atoms with van der Waals surface area (Å²) in [5, 5.41) is 37.1. The predicted octanol–water partition coefficient (Wildman–Crippen LogP) is -0.415. The summed E-state index contributed by atoms with van der Waals surface area (Å²) >= 11 is 0. The van der Waals surface area contributed by atoms with Crippen LogP contribution in [0.2, 0.25) is 0 Å². The molecule has 0 radical (unpaired) electrons. The summed E-state index contributed by atoms with van der Waals surface area (Å²) in [6, 6.07) is 0. The van der Waals surface area contributed by atoms with E-state index >= 15 is 0 Å². The van der Waals surface area contributed by atoms with E-state index in [1.807, 2.05) is 0 Å².